The molecule has 18 heavy (non-hydrogen) atoms. The van der Waals surface area contributed by atoms with E-state index < -0.39 is 0 Å². The Kier molecular flexibility index (Phi) is 5.63. The van der Waals surface area contributed by atoms with Crippen molar-refractivity contribution >= 4 is 0 Å². The topological polar surface area (TPSA) is 24.5 Å². The second-order valence-electron chi connectivity index (χ2n) is 6.13. The van der Waals surface area contributed by atoms with Crippen LogP contribution < -0.4 is 5.32 Å². The van der Waals surface area contributed by atoms with Crippen LogP contribution in [0.5, 0.6) is 0 Å². The quantitative estimate of drug-likeness (QED) is 0.791. The number of ether oxygens (including phenoxy) is 1. The Morgan fingerprint density at radius 3 is 2.28 bits per heavy atom. The van der Waals surface area contributed by atoms with E-state index in [4.69, 9.17) is 4.74 Å². The molecule has 1 rings (SSSR count). The molecule has 1 aliphatic heterocycles. The third kappa shape index (κ3) is 3.06. The summed E-state index contributed by atoms with van der Waals surface area (Å²) in [5.74, 6) is 0. The predicted molar refractivity (Wildman–Crippen MR) is 78.1 cm³/mol. The minimum absolute atomic E-state index is 0.246. The zero-order chi connectivity index (χ0) is 13.8. The first-order chi connectivity index (χ1) is 8.47. The molecular formula is C15H32N2O. The number of nitrogens with one attached hydrogen (secondary N) is 1. The molecule has 0 amide bonds. The van der Waals surface area contributed by atoms with E-state index in [1.807, 2.05) is 0 Å². The smallest absolute Gasteiger partial charge is 0.0615 e. The van der Waals surface area contributed by atoms with E-state index in [0.717, 1.165) is 19.7 Å². The van der Waals surface area contributed by atoms with Crippen molar-refractivity contribution < 1.29 is 4.74 Å². The Bertz CT molecular complexity index is 253. The molecule has 1 heterocycles. The number of piperazine rings is 1. The van der Waals surface area contributed by atoms with Gasteiger partial charge in [-0.25, -0.2) is 0 Å². The van der Waals surface area contributed by atoms with Crippen LogP contribution in [0.1, 0.15) is 53.9 Å². The van der Waals surface area contributed by atoms with Gasteiger partial charge in [-0.1, -0.05) is 20.8 Å². The van der Waals surface area contributed by atoms with E-state index in [-0.39, 0.29) is 5.54 Å². The molecule has 1 fully saturated rings. The molecule has 0 saturated carbocycles. The number of nitrogens with zero attached hydrogens (tertiary/aromatic N) is 1. The summed E-state index contributed by atoms with van der Waals surface area (Å²) in [4.78, 5) is 2.69. The van der Waals surface area contributed by atoms with Crippen LogP contribution in [-0.2, 0) is 4.74 Å². The van der Waals surface area contributed by atoms with Gasteiger partial charge in [-0.2, -0.15) is 0 Å². The number of hydrogen-bond acceptors (Lipinski definition) is 3. The van der Waals surface area contributed by atoms with Crippen LogP contribution in [0.2, 0.25) is 0 Å². The summed E-state index contributed by atoms with van der Waals surface area (Å²) < 4.78 is 5.38. The number of methoxy groups -OCH3 is 1. The van der Waals surface area contributed by atoms with Crippen LogP contribution >= 0.6 is 0 Å². The maximum absolute atomic E-state index is 5.38. The van der Waals surface area contributed by atoms with Gasteiger partial charge in [0.2, 0.25) is 0 Å². The Morgan fingerprint density at radius 2 is 1.83 bits per heavy atom. The third-order valence-corrected chi connectivity index (χ3v) is 5.01. The van der Waals surface area contributed by atoms with Gasteiger partial charge in [0, 0.05) is 37.3 Å². The second-order valence-corrected chi connectivity index (χ2v) is 6.13. The normalized spacial score (nSPS) is 30.3. The van der Waals surface area contributed by atoms with Crippen molar-refractivity contribution in [2.24, 2.45) is 0 Å². The van der Waals surface area contributed by atoms with E-state index in [9.17, 15) is 0 Å². The highest BCUT2D eigenvalue weighted by Crippen LogP contribution is 2.33. The van der Waals surface area contributed by atoms with E-state index in [0.29, 0.717) is 11.6 Å². The molecule has 0 bridgehead atoms. The summed E-state index contributed by atoms with van der Waals surface area (Å²) in [7, 11) is 1.80. The lowest BCUT2D eigenvalue weighted by atomic mass is 9.81. The van der Waals surface area contributed by atoms with Gasteiger partial charge >= 0.3 is 0 Å². The van der Waals surface area contributed by atoms with Crippen LogP contribution in [0.4, 0.5) is 0 Å². The molecule has 0 aromatic carbocycles. The molecule has 0 aromatic heterocycles. The fourth-order valence-electron chi connectivity index (χ4n) is 3.18. The van der Waals surface area contributed by atoms with Crippen LogP contribution in [0, 0.1) is 0 Å². The molecule has 1 aliphatic rings. The highest BCUT2D eigenvalue weighted by Gasteiger charge is 2.44. The maximum Gasteiger partial charge on any atom is 0.0615 e. The summed E-state index contributed by atoms with van der Waals surface area (Å²) in [6.45, 7) is 14.6. The first-order valence-corrected chi connectivity index (χ1v) is 7.47. The van der Waals surface area contributed by atoms with Crippen molar-refractivity contribution in [3.63, 3.8) is 0 Å². The third-order valence-electron chi connectivity index (χ3n) is 5.01. The van der Waals surface area contributed by atoms with Gasteiger partial charge in [0.25, 0.3) is 0 Å². The zero-order valence-corrected chi connectivity index (χ0v) is 13.2. The molecule has 0 aliphatic carbocycles. The first kappa shape index (κ1) is 15.9. The van der Waals surface area contributed by atoms with E-state index in [2.05, 4.69) is 44.8 Å². The van der Waals surface area contributed by atoms with Crippen LogP contribution in [-0.4, -0.2) is 48.8 Å². The highest BCUT2D eigenvalue weighted by molar-refractivity contribution is 5.03. The molecule has 1 saturated heterocycles. The summed E-state index contributed by atoms with van der Waals surface area (Å²) >= 11 is 0. The van der Waals surface area contributed by atoms with Gasteiger partial charge < -0.3 is 10.1 Å². The van der Waals surface area contributed by atoms with Crippen LogP contribution in [0.25, 0.3) is 0 Å². The van der Waals surface area contributed by atoms with Gasteiger partial charge in [0.05, 0.1) is 6.61 Å². The summed E-state index contributed by atoms with van der Waals surface area (Å²) in [5.41, 5.74) is 0.544. The van der Waals surface area contributed by atoms with Crippen molar-refractivity contribution in [3.8, 4) is 0 Å². The molecule has 2 atom stereocenters. The Morgan fingerprint density at radius 1 is 1.22 bits per heavy atom. The van der Waals surface area contributed by atoms with Gasteiger partial charge in [0.15, 0.2) is 0 Å². The summed E-state index contributed by atoms with van der Waals surface area (Å²) in [5, 5.41) is 3.78. The van der Waals surface area contributed by atoms with Crippen LogP contribution in [0.15, 0.2) is 0 Å². The SMILES string of the molecule is CCC1(C)CN(C(C)COC)C(CC)(CC)CN1. The highest BCUT2D eigenvalue weighted by atomic mass is 16.5. The average molecular weight is 256 g/mol. The molecule has 108 valence electrons. The van der Waals surface area contributed by atoms with Gasteiger partial charge in [-0.3, -0.25) is 4.90 Å². The zero-order valence-electron chi connectivity index (χ0n) is 13.2. The monoisotopic (exact) mass is 256 g/mol. The lowest BCUT2D eigenvalue weighted by Gasteiger charge is -2.55. The van der Waals surface area contributed by atoms with E-state index >= 15 is 0 Å². The lowest BCUT2D eigenvalue weighted by Crippen LogP contribution is -2.70. The number of rotatable bonds is 6. The van der Waals surface area contributed by atoms with Crippen molar-refractivity contribution in [2.45, 2.75) is 71.0 Å². The molecule has 3 heteroatoms. The largest absolute Gasteiger partial charge is 0.383 e. The van der Waals surface area contributed by atoms with Crippen molar-refractivity contribution in [1.29, 1.82) is 0 Å². The number of hydrogen-bond donors (Lipinski definition) is 1. The molecule has 1 N–H and O–H groups in total. The Balaban J connectivity index is 2.92. The van der Waals surface area contributed by atoms with E-state index in [1.165, 1.54) is 19.3 Å². The fraction of sp³-hybridized carbons (Fsp3) is 1.00. The van der Waals surface area contributed by atoms with Gasteiger partial charge in [-0.05, 0) is 33.1 Å². The van der Waals surface area contributed by atoms with Crippen molar-refractivity contribution in [1.82, 2.24) is 10.2 Å². The van der Waals surface area contributed by atoms with Crippen molar-refractivity contribution in [3.05, 3.63) is 0 Å². The van der Waals surface area contributed by atoms with Gasteiger partial charge in [-0.15, -0.1) is 0 Å². The molecule has 2 unspecified atom stereocenters. The fourth-order valence-corrected chi connectivity index (χ4v) is 3.18. The van der Waals surface area contributed by atoms with Crippen LogP contribution in [0.3, 0.4) is 0 Å². The summed E-state index contributed by atoms with van der Waals surface area (Å²) in [6, 6.07) is 0.489. The Hall–Kier alpha value is -0.120. The first-order valence-electron chi connectivity index (χ1n) is 7.47. The standard InChI is InChI=1S/C15H32N2O/c1-7-14(5)12-17(13(4)10-18-6)15(8-2,9-3)11-16-14/h13,16H,7-12H2,1-6H3. The lowest BCUT2D eigenvalue weighted by molar-refractivity contribution is -0.0440. The minimum atomic E-state index is 0.246. The maximum atomic E-state index is 5.38. The molecular weight excluding hydrogens is 224 g/mol. The average Bonchev–Trinajstić information content (AvgIpc) is 2.39. The van der Waals surface area contributed by atoms with E-state index in [1.54, 1.807) is 7.11 Å². The molecule has 3 nitrogen and oxygen atoms in total. The van der Waals surface area contributed by atoms with Gasteiger partial charge in [0.1, 0.15) is 0 Å². The summed E-state index contributed by atoms with van der Waals surface area (Å²) in [6.07, 6.45) is 3.57. The second kappa shape index (κ2) is 6.36. The van der Waals surface area contributed by atoms with Crippen molar-refractivity contribution in [2.75, 3.05) is 26.8 Å². The molecule has 0 aromatic rings. The molecule has 0 spiro atoms. The minimum Gasteiger partial charge on any atom is -0.383 e. The molecule has 0 radical (unpaired) electrons. The Labute approximate surface area is 113 Å². The predicted octanol–water partition coefficient (Wildman–Crippen LogP) is 2.65.